The van der Waals surface area contributed by atoms with Crippen molar-refractivity contribution in [2.45, 2.75) is 20.3 Å². The van der Waals surface area contributed by atoms with Crippen molar-refractivity contribution >= 4 is 39.9 Å². The summed E-state index contributed by atoms with van der Waals surface area (Å²) in [6.45, 7) is 4.25. The van der Waals surface area contributed by atoms with Crippen LogP contribution in [0.3, 0.4) is 0 Å². The molecule has 64 valence electrons. The SMILES string of the molecule is CCCN(CC)S(=O)(=O)O.[NaH]. The van der Waals surface area contributed by atoms with Crippen LogP contribution in [0.2, 0.25) is 0 Å². The van der Waals surface area contributed by atoms with E-state index in [9.17, 15) is 8.42 Å². The third-order valence-corrected chi connectivity index (χ3v) is 2.25. The van der Waals surface area contributed by atoms with Crippen molar-refractivity contribution in [3.63, 3.8) is 0 Å². The van der Waals surface area contributed by atoms with E-state index < -0.39 is 10.3 Å². The van der Waals surface area contributed by atoms with E-state index in [4.69, 9.17) is 4.55 Å². The first kappa shape index (κ1) is 14.4. The van der Waals surface area contributed by atoms with Crippen molar-refractivity contribution in [3.05, 3.63) is 0 Å². The summed E-state index contributed by atoms with van der Waals surface area (Å²) in [5, 5.41) is 0. The molecule has 0 radical (unpaired) electrons. The van der Waals surface area contributed by atoms with Crippen molar-refractivity contribution in [1.29, 1.82) is 0 Å². The molecular formula is C5H14NNaO3S. The van der Waals surface area contributed by atoms with Crippen LogP contribution < -0.4 is 0 Å². The van der Waals surface area contributed by atoms with Crippen LogP contribution in [0.1, 0.15) is 20.3 Å². The second-order valence-electron chi connectivity index (χ2n) is 1.97. The summed E-state index contributed by atoms with van der Waals surface area (Å²) in [6, 6.07) is 0. The van der Waals surface area contributed by atoms with Gasteiger partial charge in [-0.25, -0.2) is 0 Å². The topological polar surface area (TPSA) is 57.6 Å². The standard InChI is InChI=1S/C5H13NO3S.Na.H/c1-3-5-6(4-2)10(7,8)9;;/h3-5H2,1-2H3,(H,7,8,9);;. The van der Waals surface area contributed by atoms with Gasteiger partial charge in [0.2, 0.25) is 0 Å². The Morgan fingerprint density at radius 1 is 1.36 bits per heavy atom. The molecule has 0 aliphatic heterocycles. The zero-order valence-electron chi connectivity index (χ0n) is 6.24. The summed E-state index contributed by atoms with van der Waals surface area (Å²) in [4.78, 5) is 0. The Bertz CT molecular complexity index is 180. The molecule has 0 aromatic heterocycles. The Balaban J connectivity index is 0. The van der Waals surface area contributed by atoms with Crippen LogP contribution in [-0.4, -0.2) is 59.9 Å². The van der Waals surface area contributed by atoms with Gasteiger partial charge in [0, 0.05) is 13.1 Å². The molecule has 0 amide bonds. The number of hydrogen-bond acceptors (Lipinski definition) is 2. The van der Waals surface area contributed by atoms with E-state index in [0.29, 0.717) is 19.5 Å². The van der Waals surface area contributed by atoms with Gasteiger partial charge in [-0.05, 0) is 6.42 Å². The average molecular weight is 191 g/mol. The maximum absolute atomic E-state index is 10.4. The second-order valence-corrected chi connectivity index (χ2v) is 3.38. The summed E-state index contributed by atoms with van der Waals surface area (Å²) in [5.74, 6) is 0. The fraction of sp³-hybridized carbons (Fsp3) is 1.00. The molecule has 0 atom stereocenters. The molecule has 0 unspecified atom stereocenters. The first-order chi connectivity index (χ1) is 4.52. The molecule has 0 aliphatic carbocycles. The van der Waals surface area contributed by atoms with Gasteiger partial charge >= 0.3 is 39.9 Å². The van der Waals surface area contributed by atoms with E-state index in [-0.39, 0.29) is 29.6 Å². The van der Waals surface area contributed by atoms with Crippen LogP contribution in [0.4, 0.5) is 0 Å². The molecule has 0 heterocycles. The first-order valence-electron chi connectivity index (χ1n) is 3.25. The molecule has 4 nitrogen and oxygen atoms in total. The summed E-state index contributed by atoms with van der Waals surface area (Å²) < 4.78 is 30.4. The van der Waals surface area contributed by atoms with Gasteiger partial charge in [0.15, 0.2) is 0 Å². The molecule has 0 aromatic carbocycles. The van der Waals surface area contributed by atoms with Crippen LogP contribution in [-0.2, 0) is 10.3 Å². The number of hydrogen-bond donors (Lipinski definition) is 1. The predicted molar refractivity (Wildman–Crippen MR) is 46.2 cm³/mol. The molecule has 0 spiro atoms. The predicted octanol–water partition coefficient (Wildman–Crippen LogP) is -0.127. The molecule has 0 rings (SSSR count). The minimum atomic E-state index is -3.94. The fourth-order valence-electron chi connectivity index (χ4n) is 0.686. The van der Waals surface area contributed by atoms with Gasteiger partial charge in [-0.2, -0.15) is 12.7 Å². The minimum absolute atomic E-state index is 0. The van der Waals surface area contributed by atoms with Crippen molar-refractivity contribution < 1.29 is 13.0 Å². The van der Waals surface area contributed by atoms with Crippen molar-refractivity contribution in [3.8, 4) is 0 Å². The van der Waals surface area contributed by atoms with Gasteiger partial charge < -0.3 is 0 Å². The zero-order valence-corrected chi connectivity index (χ0v) is 7.06. The van der Waals surface area contributed by atoms with Crippen LogP contribution in [0.25, 0.3) is 0 Å². The fourth-order valence-corrected chi connectivity index (χ4v) is 1.43. The molecule has 0 aliphatic rings. The van der Waals surface area contributed by atoms with E-state index in [2.05, 4.69) is 0 Å². The zero-order chi connectivity index (χ0) is 8.20. The molecule has 6 heteroatoms. The molecule has 1 N–H and O–H groups in total. The molecular weight excluding hydrogens is 177 g/mol. The van der Waals surface area contributed by atoms with Crippen LogP contribution in [0, 0.1) is 0 Å². The van der Waals surface area contributed by atoms with Gasteiger partial charge in [0.05, 0.1) is 0 Å². The molecule has 0 saturated heterocycles. The van der Waals surface area contributed by atoms with E-state index in [1.807, 2.05) is 6.92 Å². The van der Waals surface area contributed by atoms with Crippen LogP contribution >= 0.6 is 0 Å². The number of nitrogens with zero attached hydrogens (tertiary/aromatic N) is 1. The summed E-state index contributed by atoms with van der Waals surface area (Å²) in [7, 11) is -3.94. The third kappa shape index (κ3) is 6.07. The van der Waals surface area contributed by atoms with Crippen molar-refractivity contribution in [2.75, 3.05) is 13.1 Å². The Hall–Kier alpha value is 0.870. The molecule has 0 bridgehead atoms. The van der Waals surface area contributed by atoms with Crippen LogP contribution in [0.15, 0.2) is 0 Å². The molecule has 0 saturated carbocycles. The summed E-state index contributed by atoms with van der Waals surface area (Å²) >= 11 is 0. The van der Waals surface area contributed by atoms with E-state index in [1.54, 1.807) is 6.92 Å². The molecule has 11 heavy (non-hydrogen) atoms. The van der Waals surface area contributed by atoms with E-state index >= 15 is 0 Å². The van der Waals surface area contributed by atoms with Gasteiger partial charge in [-0.15, -0.1) is 0 Å². The third-order valence-electron chi connectivity index (χ3n) is 1.15. The average Bonchev–Trinajstić information content (AvgIpc) is 1.80. The van der Waals surface area contributed by atoms with Crippen molar-refractivity contribution in [2.24, 2.45) is 0 Å². The van der Waals surface area contributed by atoms with E-state index in [1.165, 1.54) is 0 Å². The molecule has 0 fully saturated rings. The molecule has 0 aromatic rings. The monoisotopic (exact) mass is 191 g/mol. The summed E-state index contributed by atoms with van der Waals surface area (Å²) in [6.07, 6.45) is 0.716. The maximum atomic E-state index is 10.4. The van der Waals surface area contributed by atoms with Crippen molar-refractivity contribution in [1.82, 2.24) is 4.31 Å². The second kappa shape index (κ2) is 6.39. The Kier molecular flexibility index (Phi) is 8.37. The van der Waals surface area contributed by atoms with Gasteiger partial charge in [0.25, 0.3) is 0 Å². The summed E-state index contributed by atoms with van der Waals surface area (Å²) in [5.41, 5.74) is 0. The quantitative estimate of drug-likeness (QED) is 0.497. The first-order valence-corrected chi connectivity index (χ1v) is 4.64. The van der Waals surface area contributed by atoms with Crippen LogP contribution in [0.5, 0.6) is 0 Å². The Morgan fingerprint density at radius 2 is 1.82 bits per heavy atom. The normalized spacial score (nSPS) is 11.3. The van der Waals surface area contributed by atoms with E-state index in [0.717, 1.165) is 4.31 Å². The van der Waals surface area contributed by atoms with Gasteiger partial charge in [-0.3, -0.25) is 4.55 Å². The van der Waals surface area contributed by atoms with Gasteiger partial charge in [-0.1, -0.05) is 13.8 Å². The van der Waals surface area contributed by atoms with Gasteiger partial charge in [0.1, 0.15) is 0 Å². The Morgan fingerprint density at radius 3 is 1.91 bits per heavy atom. The Labute approximate surface area is 90.1 Å². The number of rotatable bonds is 4.